The van der Waals surface area contributed by atoms with E-state index in [1.807, 2.05) is 0 Å². The number of carboxylic acid groups (broad SMARTS) is 1. The van der Waals surface area contributed by atoms with Gasteiger partial charge in [0.25, 0.3) is 0 Å². The number of thiazole rings is 1. The Balaban J connectivity index is 2.14. The first-order valence-corrected chi connectivity index (χ1v) is 6.15. The van der Waals surface area contributed by atoms with Crippen molar-refractivity contribution in [2.75, 3.05) is 31.1 Å². The SMILES string of the molecule is Cc1nc(N2CCN(C(=O)O)CC2)c([N+](=O)[O-])s1. The molecule has 0 aromatic carbocycles. The van der Waals surface area contributed by atoms with E-state index in [1.54, 1.807) is 11.8 Å². The molecule has 0 radical (unpaired) electrons. The monoisotopic (exact) mass is 272 g/mol. The van der Waals surface area contributed by atoms with E-state index in [1.165, 1.54) is 4.90 Å². The van der Waals surface area contributed by atoms with E-state index < -0.39 is 11.0 Å². The van der Waals surface area contributed by atoms with Crippen LogP contribution in [0.5, 0.6) is 0 Å². The number of hydrogen-bond donors (Lipinski definition) is 1. The molecule has 0 atom stereocenters. The number of hydrogen-bond acceptors (Lipinski definition) is 6. The van der Waals surface area contributed by atoms with Gasteiger partial charge in [-0.15, -0.1) is 0 Å². The van der Waals surface area contributed by atoms with Crippen LogP contribution < -0.4 is 4.90 Å². The molecule has 1 amide bonds. The molecule has 1 saturated heterocycles. The third-order valence-corrected chi connectivity index (χ3v) is 3.63. The minimum absolute atomic E-state index is 0.0243. The summed E-state index contributed by atoms with van der Waals surface area (Å²) < 4.78 is 0. The van der Waals surface area contributed by atoms with Gasteiger partial charge in [-0.1, -0.05) is 0 Å². The maximum atomic E-state index is 10.9. The molecule has 2 heterocycles. The van der Waals surface area contributed by atoms with Crippen LogP contribution in [0.3, 0.4) is 0 Å². The van der Waals surface area contributed by atoms with Crippen molar-refractivity contribution in [1.29, 1.82) is 0 Å². The molecule has 9 heteroatoms. The molecule has 1 aromatic heterocycles. The van der Waals surface area contributed by atoms with Crippen LogP contribution in [0.1, 0.15) is 5.01 Å². The van der Waals surface area contributed by atoms with Gasteiger partial charge in [0.15, 0.2) is 0 Å². The fraction of sp³-hybridized carbons (Fsp3) is 0.556. The van der Waals surface area contributed by atoms with Gasteiger partial charge >= 0.3 is 11.1 Å². The standard InChI is InChI=1S/C9H12N4O4S/c1-6-10-7(8(18-6)13(16)17)11-2-4-12(5-3-11)9(14)15/h2-5H2,1H3,(H,14,15). The van der Waals surface area contributed by atoms with E-state index in [0.29, 0.717) is 37.0 Å². The molecule has 0 unspecified atom stereocenters. The largest absolute Gasteiger partial charge is 0.465 e. The normalized spacial score (nSPS) is 15.8. The van der Waals surface area contributed by atoms with Crippen molar-refractivity contribution < 1.29 is 14.8 Å². The van der Waals surface area contributed by atoms with Gasteiger partial charge < -0.3 is 14.9 Å². The van der Waals surface area contributed by atoms with E-state index in [9.17, 15) is 14.9 Å². The molecule has 0 spiro atoms. The Morgan fingerprint density at radius 2 is 2.06 bits per heavy atom. The quantitative estimate of drug-likeness (QED) is 0.640. The van der Waals surface area contributed by atoms with Crippen molar-refractivity contribution in [2.24, 2.45) is 0 Å². The van der Waals surface area contributed by atoms with Gasteiger partial charge in [0, 0.05) is 26.2 Å². The third-order valence-electron chi connectivity index (χ3n) is 2.71. The molecule has 0 bridgehead atoms. The highest BCUT2D eigenvalue weighted by atomic mass is 32.1. The first-order chi connectivity index (χ1) is 8.49. The second-order valence-electron chi connectivity index (χ2n) is 3.88. The Hall–Kier alpha value is -1.90. The lowest BCUT2D eigenvalue weighted by Crippen LogP contribution is -2.48. The summed E-state index contributed by atoms with van der Waals surface area (Å²) in [6.45, 7) is 3.24. The van der Waals surface area contributed by atoms with Crippen LogP contribution in [0.15, 0.2) is 0 Å². The average molecular weight is 272 g/mol. The van der Waals surface area contributed by atoms with E-state index in [4.69, 9.17) is 5.11 Å². The number of amides is 1. The number of anilines is 1. The summed E-state index contributed by atoms with van der Waals surface area (Å²) in [5, 5.41) is 20.4. The molecule has 98 valence electrons. The lowest BCUT2D eigenvalue weighted by molar-refractivity contribution is -0.379. The Morgan fingerprint density at radius 3 is 2.56 bits per heavy atom. The van der Waals surface area contributed by atoms with Gasteiger partial charge in [-0.05, 0) is 18.3 Å². The highest BCUT2D eigenvalue weighted by Crippen LogP contribution is 2.34. The van der Waals surface area contributed by atoms with Crippen LogP contribution in [0, 0.1) is 17.0 Å². The zero-order chi connectivity index (χ0) is 13.3. The topological polar surface area (TPSA) is 99.8 Å². The minimum Gasteiger partial charge on any atom is -0.465 e. The Kier molecular flexibility index (Phi) is 3.32. The van der Waals surface area contributed by atoms with Crippen molar-refractivity contribution in [3.8, 4) is 0 Å². The molecule has 1 aliphatic rings. The number of nitro groups is 1. The van der Waals surface area contributed by atoms with Crippen molar-refractivity contribution in [3.05, 3.63) is 15.1 Å². The highest BCUT2D eigenvalue weighted by molar-refractivity contribution is 7.15. The minimum atomic E-state index is -0.960. The first-order valence-electron chi connectivity index (χ1n) is 5.33. The molecule has 1 aromatic rings. The van der Waals surface area contributed by atoms with Gasteiger partial charge in [0.05, 0.1) is 9.93 Å². The van der Waals surface area contributed by atoms with Gasteiger partial charge in [0.1, 0.15) is 0 Å². The fourth-order valence-corrected chi connectivity index (χ4v) is 2.59. The number of piperazine rings is 1. The number of nitrogens with zero attached hydrogens (tertiary/aromatic N) is 4. The summed E-state index contributed by atoms with van der Waals surface area (Å²) in [7, 11) is 0. The number of rotatable bonds is 2. The lowest BCUT2D eigenvalue weighted by Gasteiger charge is -2.32. The molecule has 0 aliphatic carbocycles. The van der Waals surface area contributed by atoms with Crippen molar-refractivity contribution >= 4 is 28.2 Å². The number of carbonyl (C=O) groups is 1. The van der Waals surface area contributed by atoms with Crippen LogP contribution in [0.25, 0.3) is 0 Å². The van der Waals surface area contributed by atoms with Crippen LogP contribution in [0.2, 0.25) is 0 Å². The van der Waals surface area contributed by atoms with Crippen LogP contribution in [0.4, 0.5) is 15.6 Å². The van der Waals surface area contributed by atoms with E-state index in [-0.39, 0.29) is 5.00 Å². The molecular weight excluding hydrogens is 260 g/mol. The lowest BCUT2D eigenvalue weighted by atomic mass is 10.3. The summed E-state index contributed by atoms with van der Waals surface area (Å²) in [5.74, 6) is 0.354. The highest BCUT2D eigenvalue weighted by Gasteiger charge is 2.28. The average Bonchev–Trinajstić information content (AvgIpc) is 2.71. The summed E-state index contributed by atoms with van der Waals surface area (Å²) in [5.41, 5.74) is 0. The fourth-order valence-electron chi connectivity index (χ4n) is 1.84. The second kappa shape index (κ2) is 4.77. The van der Waals surface area contributed by atoms with E-state index in [2.05, 4.69) is 4.98 Å². The smallest absolute Gasteiger partial charge is 0.407 e. The van der Waals surface area contributed by atoms with Crippen molar-refractivity contribution in [2.45, 2.75) is 6.92 Å². The zero-order valence-electron chi connectivity index (χ0n) is 9.70. The van der Waals surface area contributed by atoms with Crippen LogP contribution >= 0.6 is 11.3 Å². The Bertz CT molecular complexity index is 481. The van der Waals surface area contributed by atoms with Gasteiger partial charge in [-0.25, -0.2) is 9.78 Å². The third kappa shape index (κ3) is 2.35. The summed E-state index contributed by atoms with van der Waals surface area (Å²) in [6, 6.07) is 0. The van der Waals surface area contributed by atoms with Crippen molar-refractivity contribution in [1.82, 2.24) is 9.88 Å². The molecule has 1 fully saturated rings. The predicted octanol–water partition coefficient (Wildman–Crippen LogP) is 1.16. The molecular formula is C9H12N4O4S. The molecule has 1 N–H and O–H groups in total. The maximum absolute atomic E-state index is 10.9. The molecule has 18 heavy (non-hydrogen) atoms. The molecule has 8 nitrogen and oxygen atoms in total. The van der Waals surface area contributed by atoms with E-state index in [0.717, 1.165) is 11.3 Å². The van der Waals surface area contributed by atoms with Gasteiger partial charge in [-0.2, -0.15) is 0 Å². The van der Waals surface area contributed by atoms with Crippen LogP contribution in [-0.4, -0.2) is 52.2 Å². The maximum Gasteiger partial charge on any atom is 0.407 e. The molecule has 0 saturated carbocycles. The Labute approximate surface area is 107 Å². The van der Waals surface area contributed by atoms with Crippen LogP contribution in [-0.2, 0) is 0 Å². The summed E-state index contributed by atoms with van der Waals surface area (Å²) in [4.78, 5) is 28.4. The van der Waals surface area contributed by atoms with E-state index >= 15 is 0 Å². The Morgan fingerprint density at radius 1 is 1.44 bits per heavy atom. The predicted molar refractivity (Wildman–Crippen MR) is 65.3 cm³/mol. The van der Waals surface area contributed by atoms with Gasteiger partial charge in [0.2, 0.25) is 5.82 Å². The second-order valence-corrected chi connectivity index (χ2v) is 5.06. The zero-order valence-corrected chi connectivity index (χ0v) is 10.5. The first kappa shape index (κ1) is 12.6. The number of aromatic nitrogens is 1. The summed E-state index contributed by atoms with van der Waals surface area (Å²) in [6.07, 6.45) is -0.960. The van der Waals surface area contributed by atoms with Crippen molar-refractivity contribution in [3.63, 3.8) is 0 Å². The molecule has 1 aliphatic heterocycles. The number of aryl methyl sites for hydroxylation is 1. The van der Waals surface area contributed by atoms with Gasteiger partial charge in [-0.3, -0.25) is 10.1 Å². The molecule has 2 rings (SSSR count). The summed E-state index contributed by atoms with van der Waals surface area (Å²) >= 11 is 1.04.